The molecular formula is C7H14N2O. The molecule has 1 amide bonds. The van der Waals surface area contributed by atoms with Crippen molar-refractivity contribution >= 4 is 6.41 Å². The predicted octanol–water partition coefficient (Wildman–Crippen LogP) is 0.222. The van der Waals surface area contributed by atoms with Gasteiger partial charge in [0.05, 0.1) is 6.17 Å². The van der Waals surface area contributed by atoms with Gasteiger partial charge in [0.1, 0.15) is 0 Å². The Kier molecular flexibility index (Phi) is 3.22. The maximum Gasteiger partial charge on any atom is 0.208 e. The molecule has 1 heterocycles. The molecule has 0 bridgehead atoms. The van der Waals surface area contributed by atoms with Gasteiger partial charge in [-0.15, -0.1) is 0 Å². The highest BCUT2D eigenvalue weighted by molar-refractivity contribution is 5.46. The minimum atomic E-state index is 0.222. The van der Waals surface area contributed by atoms with Crippen LogP contribution in [-0.2, 0) is 4.79 Å². The van der Waals surface area contributed by atoms with Crippen molar-refractivity contribution in [3.63, 3.8) is 0 Å². The first-order valence-corrected chi connectivity index (χ1v) is 3.86. The molecule has 0 saturated carbocycles. The molecule has 0 radical (unpaired) electrons. The monoisotopic (exact) mass is 142 g/mol. The molecule has 0 aromatic rings. The second-order valence-electron chi connectivity index (χ2n) is 2.64. The van der Waals surface area contributed by atoms with Gasteiger partial charge in [-0.1, -0.05) is 12.8 Å². The minimum Gasteiger partial charge on any atom is -0.343 e. The second kappa shape index (κ2) is 4.28. The van der Waals surface area contributed by atoms with Crippen LogP contribution in [0.5, 0.6) is 0 Å². The molecule has 0 aromatic heterocycles. The number of hydrogen-bond donors (Lipinski definition) is 2. The summed E-state index contributed by atoms with van der Waals surface area (Å²) in [7, 11) is 0. The topological polar surface area (TPSA) is 41.1 Å². The van der Waals surface area contributed by atoms with Crippen LogP contribution < -0.4 is 10.6 Å². The number of amides is 1. The first kappa shape index (κ1) is 7.54. The lowest BCUT2D eigenvalue weighted by Crippen LogP contribution is -2.40. The Balaban J connectivity index is 2.21. The van der Waals surface area contributed by atoms with Gasteiger partial charge in [-0.3, -0.25) is 10.1 Å². The van der Waals surface area contributed by atoms with Gasteiger partial charge in [0, 0.05) is 0 Å². The molecular weight excluding hydrogens is 128 g/mol. The normalized spacial score (nSPS) is 27.0. The van der Waals surface area contributed by atoms with E-state index in [0.29, 0.717) is 0 Å². The summed E-state index contributed by atoms with van der Waals surface area (Å²) in [5.74, 6) is 0. The van der Waals surface area contributed by atoms with E-state index in [1.54, 1.807) is 0 Å². The molecule has 0 spiro atoms. The van der Waals surface area contributed by atoms with E-state index < -0.39 is 0 Å². The van der Waals surface area contributed by atoms with Gasteiger partial charge >= 0.3 is 0 Å². The molecule has 0 aromatic carbocycles. The summed E-state index contributed by atoms with van der Waals surface area (Å²) in [5, 5.41) is 5.97. The summed E-state index contributed by atoms with van der Waals surface area (Å²) < 4.78 is 0. The summed E-state index contributed by atoms with van der Waals surface area (Å²) in [5.41, 5.74) is 0. The van der Waals surface area contributed by atoms with Gasteiger partial charge in [-0.25, -0.2) is 0 Å². The quantitative estimate of drug-likeness (QED) is 0.542. The van der Waals surface area contributed by atoms with Crippen LogP contribution in [-0.4, -0.2) is 19.1 Å². The minimum absolute atomic E-state index is 0.222. The van der Waals surface area contributed by atoms with Gasteiger partial charge in [0.15, 0.2) is 0 Å². The Morgan fingerprint density at radius 3 is 3.10 bits per heavy atom. The number of nitrogens with one attached hydrogen (secondary N) is 2. The van der Waals surface area contributed by atoms with Gasteiger partial charge in [-0.2, -0.15) is 0 Å². The van der Waals surface area contributed by atoms with Crippen molar-refractivity contribution in [2.24, 2.45) is 0 Å². The summed E-state index contributed by atoms with van der Waals surface area (Å²) >= 11 is 0. The van der Waals surface area contributed by atoms with Gasteiger partial charge < -0.3 is 5.32 Å². The number of rotatable bonds is 2. The summed E-state index contributed by atoms with van der Waals surface area (Å²) in [6.45, 7) is 1.03. The fraction of sp³-hybridized carbons (Fsp3) is 0.857. The van der Waals surface area contributed by atoms with Crippen molar-refractivity contribution in [1.29, 1.82) is 0 Å². The Hall–Kier alpha value is -0.570. The highest BCUT2D eigenvalue weighted by Gasteiger charge is 2.08. The fourth-order valence-electron chi connectivity index (χ4n) is 1.25. The van der Waals surface area contributed by atoms with E-state index in [0.717, 1.165) is 19.4 Å². The molecule has 0 aliphatic carbocycles. The number of hydrogen-bond acceptors (Lipinski definition) is 2. The highest BCUT2D eigenvalue weighted by Crippen LogP contribution is 2.05. The zero-order chi connectivity index (χ0) is 7.23. The molecule has 1 fully saturated rings. The first-order valence-electron chi connectivity index (χ1n) is 3.86. The molecule has 1 rings (SSSR count). The number of carbonyl (C=O) groups is 1. The highest BCUT2D eigenvalue weighted by atomic mass is 16.1. The molecule has 10 heavy (non-hydrogen) atoms. The maximum absolute atomic E-state index is 10.0. The van der Waals surface area contributed by atoms with E-state index in [2.05, 4.69) is 10.6 Å². The molecule has 58 valence electrons. The average molecular weight is 142 g/mol. The van der Waals surface area contributed by atoms with Crippen molar-refractivity contribution in [2.75, 3.05) is 6.54 Å². The molecule has 3 nitrogen and oxygen atoms in total. The van der Waals surface area contributed by atoms with Crippen LogP contribution in [0.3, 0.4) is 0 Å². The van der Waals surface area contributed by atoms with Crippen molar-refractivity contribution in [3.8, 4) is 0 Å². The third-order valence-electron chi connectivity index (χ3n) is 1.83. The SMILES string of the molecule is O=CNC1CCCCCN1. The van der Waals surface area contributed by atoms with Crippen LogP contribution in [0.15, 0.2) is 0 Å². The van der Waals surface area contributed by atoms with Crippen molar-refractivity contribution in [1.82, 2.24) is 10.6 Å². The van der Waals surface area contributed by atoms with Crippen molar-refractivity contribution in [3.05, 3.63) is 0 Å². The van der Waals surface area contributed by atoms with Gasteiger partial charge in [-0.05, 0) is 19.4 Å². The van der Waals surface area contributed by atoms with E-state index in [1.807, 2.05) is 0 Å². The smallest absolute Gasteiger partial charge is 0.208 e. The molecule has 1 aliphatic heterocycles. The Morgan fingerprint density at radius 2 is 2.30 bits per heavy atom. The van der Waals surface area contributed by atoms with Crippen LogP contribution >= 0.6 is 0 Å². The van der Waals surface area contributed by atoms with Crippen LogP contribution in [0, 0.1) is 0 Å². The van der Waals surface area contributed by atoms with Crippen LogP contribution in [0.1, 0.15) is 25.7 Å². The van der Waals surface area contributed by atoms with Crippen molar-refractivity contribution in [2.45, 2.75) is 31.8 Å². The lowest BCUT2D eigenvalue weighted by molar-refractivity contribution is -0.110. The maximum atomic E-state index is 10.0. The van der Waals surface area contributed by atoms with Crippen LogP contribution in [0.4, 0.5) is 0 Å². The zero-order valence-electron chi connectivity index (χ0n) is 6.10. The zero-order valence-corrected chi connectivity index (χ0v) is 6.10. The van der Waals surface area contributed by atoms with E-state index in [4.69, 9.17) is 0 Å². The Morgan fingerprint density at radius 1 is 1.40 bits per heavy atom. The lowest BCUT2D eigenvalue weighted by Gasteiger charge is -2.13. The summed E-state index contributed by atoms with van der Waals surface area (Å²) in [4.78, 5) is 10.0. The van der Waals surface area contributed by atoms with Crippen LogP contribution in [0.25, 0.3) is 0 Å². The molecule has 3 heteroatoms. The Labute approximate surface area is 61.2 Å². The molecule has 1 atom stereocenters. The third kappa shape index (κ3) is 2.35. The summed E-state index contributed by atoms with van der Waals surface area (Å²) in [6, 6.07) is 0. The van der Waals surface area contributed by atoms with Crippen LogP contribution in [0.2, 0.25) is 0 Å². The average Bonchev–Trinajstić information content (AvgIpc) is 2.17. The predicted molar refractivity (Wildman–Crippen MR) is 39.5 cm³/mol. The standard InChI is InChI=1S/C7H14N2O/c10-6-9-7-4-2-1-3-5-8-7/h6-8H,1-5H2,(H,9,10). The van der Waals surface area contributed by atoms with E-state index >= 15 is 0 Å². The molecule has 2 N–H and O–H groups in total. The first-order chi connectivity index (χ1) is 4.93. The van der Waals surface area contributed by atoms with E-state index in [1.165, 1.54) is 19.3 Å². The summed E-state index contributed by atoms with van der Waals surface area (Å²) in [6.07, 6.45) is 5.79. The largest absolute Gasteiger partial charge is 0.343 e. The second-order valence-corrected chi connectivity index (χ2v) is 2.64. The molecule has 1 saturated heterocycles. The van der Waals surface area contributed by atoms with E-state index in [9.17, 15) is 4.79 Å². The Bertz CT molecular complexity index is 97.8. The van der Waals surface area contributed by atoms with E-state index in [-0.39, 0.29) is 6.17 Å². The number of carbonyl (C=O) groups excluding carboxylic acids is 1. The third-order valence-corrected chi connectivity index (χ3v) is 1.83. The lowest BCUT2D eigenvalue weighted by atomic mass is 10.2. The molecule has 1 unspecified atom stereocenters. The molecule has 1 aliphatic rings. The van der Waals surface area contributed by atoms with Gasteiger partial charge in [0.2, 0.25) is 6.41 Å². The fourth-order valence-corrected chi connectivity index (χ4v) is 1.25. The van der Waals surface area contributed by atoms with Gasteiger partial charge in [0.25, 0.3) is 0 Å². The van der Waals surface area contributed by atoms with Crippen molar-refractivity contribution < 1.29 is 4.79 Å².